The van der Waals surface area contributed by atoms with Crippen molar-refractivity contribution in [3.8, 4) is 11.4 Å². The Kier molecular flexibility index (Phi) is 5.10. The summed E-state index contributed by atoms with van der Waals surface area (Å²) in [5, 5.41) is 15.5. The third-order valence-electron chi connectivity index (χ3n) is 4.43. The molecule has 2 aromatic heterocycles. The number of hydrogen-bond donors (Lipinski definition) is 2. The van der Waals surface area contributed by atoms with Crippen molar-refractivity contribution in [2.45, 2.75) is 19.3 Å². The van der Waals surface area contributed by atoms with Crippen molar-refractivity contribution in [1.29, 1.82) is 0 Å². The number of hydrogen-bond acceptors (Lipinski definition) is 6. The number of anilines is 1. The smallest absolute Gasteiger partial charge is 0.258 e. The Morgan fingerprint density at radius 3 is 2.76 bits per heavy atom. The van der Waals surface area contributed by atoms with Gasteiger partial charge in [-0.3, -0.25) is 9.59 Å². The van der Waals surface area contributed by atoms with E-state index < -0.39 is 0 Å². The summed E-state index contributed by atoms with van der Waals surface area (Å²) in [4.78, 5) is 33.1. The minimum Gasteiger partial charge on any atom is -0.325 e. The highest BCUT2D eigenvalue weighted by Gasteiger charge is 2.12. The molecule has 0 spiro atoms. The summed E-state index contributed by atoms with van der Waals surface area (Å²) in [7, 11) is 1.68. The van der Waals surface area contributed by atoms with Crippen LogP contribution in [0.15, 0.2) is 53.3 Å². The van der Waals surface area contributed by atoms with Gasteiger partial charge >= 0.3 is 0 Å². The number of carbonyl (C=O) groups is 1. The molecule has 4 aromatic rings. The van der Waals surface area contributed by atoms with Gasteiger partial charge in [0.1, 0.15) is 5.82 Å². The largest absolute Gasteiger partial charge is 0.325 e. The van der Waals surface area contributed by atoms with Crippen molar-refractivity contribution in [2.24, 2.45) is 7.05 Å². The topological polar surface area (TPSA) is 118 Å². The van der Waals surface area contributed by atoms with Gasteiger partial charge in [0.05, 0.1) is 23.6 Å². The zero-order valence-corrected chi connectivity index (χ0v) is 15.8. The van der Waals surface area contributed by atoms with Crippen LogP contribution in [0.2, 0.25) is 0 Å². The molecule has 2 heterocycles. The molecule has 2 N–H and O–H groups in total. The predicted molar refractivity (Wildman–Crippen MR) is 108 cm³/mol. The van der Waals surface area contributed by atoms with E-state index in [1.54, 1.807) is 31.3 Å². The van der Waals surface area contributed by atoms with E-state index in [1.807, 2.05) is 24.3 Å². The van der Waals surface area contributed by atoms with Gasteiger partial charge in [0.2, 0.25) is 11.7 Å². The number of aryl methyl sites for hydroxylation is 2. The van der Waals surface area contributed by atoms with Crippen molar-refractivity contribution in [3.63, 3.8) is 0 Å². The van der Waals surface area contributed by atoms with E-state index in [1.165, 1.54) is 4.80 Å². The van der Waals surface area contributed by atoms with E-state index in [0.29, 0.717) is 53.1 Å². The fraction of sp³-hybridized carbons (Fsp3) is 0.200. The van der Waals surface area contributed by atoms with Crippen LogP contribution in [0, 0.1) is 0 Å². The average Bonchev–Trinajstić information content (AvgIpc) is 3.14. The number of amides is 1. The molecule has 9 heteroatoms. The summed E-state index contributed by atoms with van der Waals surface area (Å²) in [6.07, 6.45) is 1.35. The molecule has 0 aliphatic heterocycles. The first kappa shape index (κ1) is 18.5. The Balaban J connectivity index is 1.40. The number of fused-ring (bicyclic) bond motifs is 1. The van der Waals surface area contributed by atoms with E-state index in [2.05, 4.69) is 30.7 Å². The number of tetrazole rings is 1. The van der Waals surface area contributed by atoms with Crippen molar-refractivity contribution in [1.82, 2.24) is 30.2 Å². The molecular weight excluding hydrogens is 370 g/mol. The van der Waals surface area contributed by atoms with Crippen molar-refractivity contribution in [2.75, 3.05) is 5.32 Å². The molecule has 0 saturated heterocycles. The van der Waals surface area contributed by atoms with Crippen LogP contribution in [0.3, 0.4) is 0 Å². The highest BCUT2D eigenvalue weighted by Crippen LogP contribution is 2.24. The van der Waals surface area contributed by atoms with Gasteiger partial charge in [0.15, 0.2) is 0 Å². The van der Waals surface area contributed by atoms with Gasteiger partial charge in [-0.15, -0.1) is 10.2 Å². The first-order valence-corrected chi connectivity index (χ1v) is 9.21. The Hall–Kier alpha value is -3.88. The molecule has 0 aliphatic rings. The molecule has 0 aliphatic carbocycles. The van der Waals surface area contributed by atoms with Crippen molar-refractivity contribution in [3.05, 3.63) is 64.7 Å². The fourth-order valence-electron chi connectivity index (χ4n) is 3.06. The Bertz CT molecular complexity index is 1230. The molecule has 1 amide bonds. The second-order valence-electron chi connectivity index (χ2n) is 6.58. The summed E-state index contributed by atoms with van der Waals surface area (Å²) in [5.74, 6) is 0.886. The molecule has 9 nitrogen and oxygen atoms in total. The summed E-state index contributed by atoms with van der Waals surface area (Å²) in [5.41, 5.74) is 1.82. The number of nitrogens with one attached hydrogen (secondary N) is 2. The van der Waals surface area contributed by atoms with E-state index in [4.69, 9.17) is 0 Å². The molecule has 0 fully saturated rings. The number of aromatic amines is 1. The summed E-state index contributed by atoms with van der Waals surface area (Å²) in [6, 6.07) is 14.5. The number of nitrogens with zero attached hydrogens (tertiary/aromatic N) is 5. The van der Waals surface area contributed by atoms with Gasteiger partial charge in [0, 0.05) is 18.4 Å². The maximum absolute atomic E-state index is 12.4. The van der Waals surface area contributed by atoms with Crippen LogP contribution in [0.4, 0.5) is 5.69 Å². The van der Waals surface area contributed by atoms with Crippen LogP contribution in [0.5, 0.6) is 0 Å². The Morgan fingerprint density at radius 2 is 1.93 bits per heavy atom. The van der Waals surface area contributed by atoms with Gasteiger partial charge in [-0.05, 0) is 35.9 Å². The summed E-state index contributed by atoms with van der Waals surface area (Å²) in [6.45, 7) is 0. The van der Waals surface area contributed by atoms with Crippen molar-refractivity contribution >= 4 is 22.5 Å². The molecular formula is C20H19N7O2. The standard InChI is InChI=1S/C20H19N7O2/c1-27-25-19(24-26-27)13-7-2-4-9-15(13)22-18(28)12-6-11-17-21-16-10-5-3-8-14(16)20(29)23-17/h2-5,7-10H,6,11-12H2,1H3,(H,22,28)(H,21,23,29). The highest BCUT2D eigenvalue weighted by molar-refractivity contribution is 5.94. The van der Waals surface area contributed by atoms with Crippen molar-refractivity contribution < 1.29 is 4.79 Å². The molecule has 2 aromatic carbocycles. The van der Waals surface area contributed by atoms with Gasteiger partial charge in [-0.2, -0.15) is 4.80 Å². The lowest BCUT2D eigenvalue weighted by atomic mass is 10.1. The SMILES string of the molecule is Cn1nnc(-c2ccccc2NC(=O)CCCc2nc3ccccc3c(=O)[nH]2)n1. The number of H-pyrrole nitrogens is 1. The van der Waals surface area contributed by atoms with Gasteiger partial charge in [-0.1, -0.05) is 24.3 Å². The van der Waals surface area contributed by atoms with Crippen LogP contribution >= 0.6 is 0 Å². The predicted octanol–water partition coefficient (Wildman–Crippen LogP) is 2.07. The highest BCUT2D eigenvalue weighted by atomic mass is 16.1. The van der Waals surface area contributed by atoms with Crippen LogP contribution in [0.1, 0.15) is 18.7 Å². The lowest BCUT2D eigenvalue weighted by Gasteiger charge is -2.08. The molecule has 4 rings (SSSR count). The van der Waals surface area contributed by atoms with Gasteiger partial charge in [0.25, 0.3) is 5.56 Å². The second-order valence-corrected chi connectivity index (χ2v) is 6.58. The second kappa shape index (κ2) is 8.01. The van der Waals surface area contributed by atoms with Crippen LogP contribution < -0.4 is 10.9 Å². The van der Waals surface area contributed by atoms with Crippen LogP contribution in [0.25, 0.3) is 22.3 Å². The quantitative estimate of drug-likeness (QED) is 0.521. The molecule has 0 radical (unpaired) electrons. The Labute approximate surface area is 165 Å². The lowest BCUT2D eigenvalue weighted by Crippen LogP contribution is -2.14. The number of para-hydroxylation sites is 2. The molecule has 29 heavy (non-hydrogen) atoms. The third-order valence-corrected chi connectivity index (χ3v) is 4.43. The monoisotopic (exact) mass is 389 g/mol. The molecule has 0 unspecified atom stereocenters. The maximum Gasteiger partial charge on any atom is 0.258 e. The molecule has 0 saturated carbocycles. The zero-order chi connectivity index (χ0) is 20.2. The lowest BCUT2D eigenvalue weighted by molar-refractivity contribution is -0.116. The minimum absolute atomic E-state index is 0.135. The van der Waals surface area contributed by atoms with E-state index in [0.717, 1.165) is 0 Å². The Morgan fingerprint density at radius 1 is 1.14 bits per heavy atom. The summed E-state index contributed by atoms with van der Waals surface area (Å²) >= 11 is 0. The number of rotatable bonds is 6. The van der Waals surface area contributed by atoms with Crippen LogP contribution in [-0.2, 0) is 18.3 Å². The van der Waals surface area contributed by atoms with Gasteiger partial charge in [-0.25, -0.2) is 4.98 Å². The van der Waals surface area contributed by atoms with Gasteiger partial charge < -0.3 is 10.3 Å². The zero-order valence-electron chi connectivity index (χ0n) is 15.8. The van der Waals surface area contributed by atoms with E-state index in [9.17, 15) is 9.59 Å². The number of aromatic nitrogens is 6. The number of carbonyl (C=O) groups excluding carboxylic acids is 1. The molecule has 146 valence electrons. The van der Waals surface area contributed by atoms with E-state index >= 15 is 0 Å². The fourth-order valence-corrected chi connectivity index (χ4v) is 3.06. The third kappa shape index (κ3) is 4.18. The minimum atomic E-state index is -0.166. The van der Waals surface area contributed by atoms with E-state index in [-0.39, 0.29) is 11.5 Å². The first-order valence-electron chi connectivity index (χ1n) is 9.21. The van der Waals surface area contributed by atoms with Crippen LogP contribution in [-0.4, -0.2) is 36.1 Å². The number of benzene rings is 2. The molecule has 0 bridgehead atoms. The first-order chi connectivity index (χ1) is 14.1. The maximum atomic E-state index is 12.4. The summed E-state index contributed by atoms with van der Waals surface area (Å²) < 4.78 is 0. The normalized spacial score (nSPS) is 10.9. The molecule has 0 atom stereocenters. The average molecular weight is 389 g/mol.